The summed E-state index contributed by atoms with van der Waals surface area (Å²) in [5, 5.41) is 2.05. The second kappa shape index (κ2) is 10.4. The number of nitrogens with one attached hydrogen (secondary N) is 1. The van der Waals surface area contributed by atoms with Gasteiger partial charge in [-0.05, 0) is 48.4 Å². The van der Waals surface area contributed by atoms with Gasteiger partial charge in [0.2, 0.25) is 11.7 Å². The van der Waals surface area contributed by atoms with Crippen LogP contribution in [0.2, 0.25) is 0 Å². The molecule has 4 heterocycles. The first-order valence-corrected chi connectivity index (χ1v) is 13.2. The highest BCUT2D eigenvalue weighted by atomic mass is 35.5. The van der Waals surface area contributed by atoms with Gasteiger partial charge in [0.25, 0.3) is 0 Å². The van der Waals surface area contributed by atoms with E-state index >= 15 is 0 Å². The van der Waals surface area contributed by atoms with E-state index < -0.39 is 46.3 Å². The third kappa shape index (κ3) is 4.71. The fourth-order valence-corrected chi connectivity index (χ4v) is 5.28. The minimum Gasteiger partial charge on any atom is -0.328 e. The summed E-state index contributed by atoms with van der Waals surface area (Å²) in [4.78, 5) is 33.9. The molecule has 1 N–H and O–H groups in total. The Labute approximate surface area is 239 Å². The van der Waals surface area contributed by atoms with Crippen molar-refractivity contribution in [3.63, 3.8) is 0 Å². The van der Waals surface area contributed by atoms with Gasteiger partial charge in [0.15, 0.2) is 0 Å². The fourth-order valence-electron chi connectivity index (χ4n) is 5.19. The highest BCUT2D eigenvalue weighted by molar-refractivity contribution is 6.19. The summed E-state index contributed by atoms with van der Waals surface area (Å²) >= 11 is 5.45. The number of hydrogen-bond donors (Lipinski definition) is 1. The van der Waals surface area contributed by atoms with Crippen LogP contribution in [0.15, 0.2) is 60.9 Å². The zero-order valence-corrected chi connectivity index (χ0v) is 22.2. The number of carbonyl (C=O) groups is 2. The largest absolute Gasteiger partial charge is 0.417 e. The molecule has 0 bridgehead atoms. The van der Waals surface area contributed by atoms with Crippen LogP contribution in [0.25, 0.3) is 27.8 Å². The number of ketones is 1. The first kappa shape index (κ1) is 27.6. The normalized spacial score (nSPS) is 13.4. The fraction of sp³-hybridized carbons (Fsp3) is 0.172. The number of aryl methyl sites for hydroxylation is 2. The van der Waals surface area contributed by atoms with Crippen LogP contribution in [0.3, 0.4) is 0 Å². The number of hydrogen-bond acceptors (Lipinski definition) is 4. The van der Waals surface area contributed by atoms with Crippen molar-refractivity contribution in [2.45, 2.75) is 25.6 Å². The Balaban J connectivity index is 1.42. The van der Waals surface area contributed by atoms with Gasteiger partial charge in [0.05, 0.1) is 22.8 Å². The molecular weight excluding hydrogens is 581 g/mol. The lowest BCUT2D eigenvalue weighted by molar-refractivity contribution is -0.137. The molecule has 42 heavy (non-hydrogen) atoms. The van der Waals surface area contributed by atoms with Gasteiger partial charge in [-0.1, -0.05) is 6.08 Å². The molecule has 0 spiro atoms. The maximum atomic E-state index is 14.7. The van der Waals surface area contributed by atoms with E-state index in [1.807, 2.05) is 0 Å². The van der Waals surface area contributed by atoms with Crippen molar-refractivity contribution in [1.82, 2.24) is 18.9 Å². The molecule has 0 radical (unpaired) electrons. The standard InChI is InChI=1S/C29H19ClF5N5O2/c30-7-1-6-25(41)38-26-19(31)10-15(11-20(26)32)27(42)23-14-36-28-16(4-2-9-40(23)28)17-12-21-22(13-18(17)29(33,34)35)39-8-3-5-24(39)37-21/h1-2,4,6,9-14H,3,5,7-8H2,(H,38,41)/b6-1+. The Bertz CT molecular complexity index is 1920. The molecule has 0 fully saturated rings. The van der Waals surface area contributed by atoms with E-state index in [1.165, 1.54) is 34.9 Å². The smallest absolute Gasteiger partial charge is 0.328 e. The van der Waals surface area contributed by atoms with Crippen molar-refractivity contribution >= 4 is 45.7 Å². The number of fused-ring (bicyclic) bond motifs is 4. The van der Waals surface area contributed by atoms with Crippen molar-refractivity contribution in [1.29, 1.82) is 0 Å². The lowest BCUT2D eigenvalue weighted by Crippen LogP contribution is -2.13. The molecule has 214 valence electrons. The van der Waals surface area contributed by atoms with Crippen molar-refractivity contribution in [2.24, 2.45) is 0 Å². The van der Waals surface area contributed by atoms with E-state index in [4.69, 9.17) is 11.6 Å². The van der Waals surface area contributed by atoms with Gasteiger partial charge in [0, 0.05) is 42.2 Å². The van der Waals surface area contributed by atoms with Gasteiger partial charge in [-0.2, -0.15) is 13.2 Å². The third-order valence-electron chi connectivity index (χ3n) is 7.02. The summed E-state index contributed by atoms with van der Waals surface area (Å²) in [5.41, 5.74) is -1.39. The SMILES string of the molecule is O=C(/C=C/CCl)Nc1c(F)cc(C(=O)c2cnc3c(-c4cc5nc6n(c5cc4C(F)(F)F)CCC6)cccn23)cc1F. The number of halogens is 6. The Morgan fingerprint density at radius 3 is 2.57 bits per heavy atom. The average molecular weight is 600 g/mol. The molecule has 1 aliphatic heterocycles. The molecule has 2 aromatic carbocycles. The molecule has 0 saturated carbocycles. The van der Waals surface area contributed by atoms with E-state index in [9.17, 15) is 31.5 Å². The number of alkyl halides is 4. The van der Waals surface area contributed by atoms with Gasteiger partial charge in [-0.3, -0.25) is 14.0 Å². The Kier molecular flexibility index (Phi) is 6.80. The first-order valence-electron chi connectivity index (χ1n) is 12.7. The second-order valence-corrected chi connectivity index (χ2v) is 9.92. The van der Waals surface area contributed by atoms with Crippen LogP contribution in [-0.2, 0) is 23.9 Å². The van der Waals surface area contributed by atoms with Crippen LogP contribution >= 0.6 is 11.6 Å². The number of aromatic nitrogens is 4. The van der Waals surface area contributed by atoms with E-state index in [0.717, 1.165) is 42.7 Å². The summed E-state index contributed by atoms with van der Waals surface area (Å²) in [6, 6.07) is 6.86. The van der Waals surface area contributed by atoms with Gasteiger partial charge in [-0.25, -0.2) is 18.7 Å². The number of nitrogens with zero attached hydrogens (tertiary/aromatic N) is 4. The van der Waals surface area contributed by atoms with Crippen molar-refractivity contribution in [3.05, 3.63) is 95.2 Å². The Morgan fingerprint density at radius 1 is 1.10 bits per heavy atom. The number of amides is 1. The predicted molar refractivity (Wildman–Crippen MR) is 146 cm³/mol. The predicted octanol–water partition coefficient (Wildman–Crippen LogP) is 6.56. The highest BCUT2D eigenvalue weighted by Gasteiger charge is 2.36. The van der Waals surface area contributed by atoms with Crippen LogP contribution in [0.5, 0.6) is 0 Å². The zero-order valence-electron chi connectivity index (χ0n) is 21.5. The van der Waals surface area contributed by atoms with Crippen LogP contribution in [0.4, 0.5) is 27.6 Å². The van der Waals surface area contributed by atoms with Crippen LogP contribution in [0.1, 0.15) is 33.9 Å². The quantitative estimate of drug-likeness (QED) is 0.104. The molecule has 7 nitrogen and oxygen atoms in total. The van der Waals surface area contributed by atoms with E-state index in [-0.39, 0.29) is 28.3 Å². The van der Waals surface area contributed by atoms with Gasteiger partial charge < -0.3 is 9.88 Å². The molecule has 0 saturated heterocycles. The molecule has 0 atom stereocenters. The Morgan fingerprint density at radius 2 is 1.86 bits per heavy atom. The molecule has 1 amide bonds. The van der Waals surface area contributed by atoms with Crippen LogP contribution in [-0.4, -0.2) is 36.5 Å². The topological polar surface area (TPSA) is 81.3 Å². The highest BCUT2D eigenvalue weighted by Crippen LogP contribution is 2.41. The molecule has 3 aromatic heterocycles. The summed E-state index contributed by atoms with van der Waals surface area (Å²) in [5.74, 6) is -3.32. The van der Waals surface area contributed by atoms with Crippen molar-refractivity contribution in [3.8, 4) is 11.1 Å². The molecule has 6 rings (SSSR count). The monoisotopic (exact) mass is 599 g/mol. The van der Waals surface area contributed by atoms with Crippen molar-refractivity contribution < 1.29 is 31.5 Å². The number of rotatable bonds is 6. The maximum absolute atomic E-state index is 14.7. The summed E-state index contributed by atoms with van der Waals surface area (Å²) in [6.45, 7) is 0.587. The molecule has 13 heteroatoms. The average Bonchev–Trinajstić information content (AvgIpc) is 3.66. The molecular formula is C29H19ClF5N5O2. The zero-order chi connectivity index (χ0) is 29.8. The number of allylic oxidation sites excluding steroid dienone is 1. The molecule has 5 aromatic rings. The minimum atomic E-state index is -4.70. The van der Waals surface area contributed by atoms with Gasteiger partial charge in [0.1, 0.15) is 34.5 Å². The molecule has 0 unspecified atom stereocenters. The van der Waals surface area contributed by atoms with Crippen molar-refractivity contribution in [2.75, 3.05) is 11.2 Å². The van der Waals surface area contributed by atoms with Crippen LogP contribution < -0.4 is 5.32 Å². The molecule has 1 aliphatic rings. The second-order valence-electron chi connectivity index (χ2n) is 9.62. The maximum Gasteiger partial charge on any atom is 0.417 e. The number of benzene rings is 2. The van der Waals surface area contributed by atoms with Gasteiger partial charge >= 0.3 is 6.18 Å². The number of anilines is 1. The number of carbonyl (C=O) groups excluding carboxylic acids is 2. The number of imidazole rings is 2. The van der Waals surface area contributed by atoms with Crippen LogP contribution in [0, 0.1) is 11.6 Å². The first-order chi connectivity index (χ1) is 20.1. The number of pyridine rings is 1. The molecule has 0 aliphatic carbocycles. The van der Waals surface area contributed by atoms with E-state index in [1.54, 1.807) is 4.57 Å². The van der Waals surface area contributed by atoms with E-state index in [2.05, 4.69) is 15.3 Å². The minimum absolute atomic E-state index is 0.0182. The summed E-state index contributed by atoms with van der Waals surface area (Å²) in [6.07, 6.45) is 1.61. The van der Waals surface area contributed by atoms with Gasteiger partial charge in [-0.15, -0.1) is 11.6 Å². The third-order valence-corrected chi connectivity index (χ3v) is 7.20. The lowest BCUT2D eigenvalue weighted by atomic mass is 9.99. The lowest BCUT2D eigenvalue weighted by Gasteiger charge is -2.15. The Hall–Kier alpha value is -4.58. The summed E-state index contributed by atoms with van der Waals surface area (Å²) in [7, 11) is 0. The summed E-state index contributed by atoms with van der Waals surface area (Å²) < 4.78 is 75.5. The van der Waals surface area contributed by atoms with E-state index in [0.29, 0.717) is 24.0 Å².